The molecule has 4 heteroatoms. The van der Waals surface area contributed by atoms with Crippen LogP contribution in [0.3, 0.4) is 0 Å². The molecule has 0 saturated carbocycles. The summed E-state index contributed by atoms with van der Waals surface area (Å²) in [7, 11) is 3.18. The van der Waals surface area contributed by atoms with Crippen LogP contribution in [0.2, 0.25) is 0 Å². The van der Waals surface area contributed by atoms with E-state index < -0.39 is 0 Å². The topological polar surface area (TPSA) is 38.8 Å². The van der Waals surface area contributed by atoms with Crippen LogP contribution in [0.4, 0.5) is 0 Å². The lowest BCUT2D eigenvalue weighted by Gasteiger charge is -2.24. The van der Waals surface area contributed by atoms with Crippen molar-refractivity contribution < 1.29 is 14.3 Å². The van der Waals surface area contributed by atoms with Crippen molar-refractivity contribution >= 4 is 5.91 Å². The van der Waals surface area contributed by atoms with Crippen molar-refractivity contribution in [3.63, 3.8) is 0 Å². The molecule has 0 N–H and O–H groups in total. The van der Waals surface area contributed by atoms with Crippen LogP contribution in [0.1, 0.15) is 19.4 Å². The maximum absolute atomic E-state index is 12.3. The second kappa shape index (κ2) is 6.04. The number of methoxy groups -OCH3 is 2. The zero-order valence-electron chi connectivity index (χ0n) is 12.9. The van der Waals surface area contributed by atoms with Crippen molar-refractivity contribution in [3.05, 3.63) is 48.3 Å². The Morgan fingerprint density at radius 3 is 2.29 bits per heavy atom. The summed E-state index contributed by atoms with van der Waals surface area (Å²) in [5.74, 6) is 1.31. The molecule has 0 spiro atoms. The molecule has 1 heterocycles. The molecular weight excluding hydrogens is 266 g/mol. The molecule has 0 aromatic heterocycles. The maximum Gasteiger partial charge on any atom is 0.234 e. The highest BCUT2D eigenvalue weighted by molar-refractivity contribution is 5.81. The molecule has 1 aliphatic heterocycles. The largest absolute Gasteiger partial charge is 0.493 e. The van der Waals surface area contributed by atoms with Gasteiger partial charge in [-0.25, -0.2) is 0 Å². The number of carbonyl (C=O) groups excluding carboxylic acids is 1. The Morgan fingerprint density at radius 1 is 1.10 bits per heavy atom. The molecule has 2 rings (SSSR count). The van der Waals surface area contributed by atoms with E-state index in [1.165, 1.54) is 0 Å². The summed E-state index contributed by atoms with van der Waals surface area (Å²) in [5.41, 5.74) is 0.893. The van der Waals surface area contributed by atoms with E-state index in [9.17, 15) is 4.79 Å². The minimum absolute atomic E-state index is 0.000112. The predicted octanol–water partition coefficient (Wildman–Crippen LogP) is 3.14. The first-order valence-electron chi connectivity index (χ1n) is 6.86. The highest BCUT2D eigenvalue weighted by Crippen LogP contribution is 2.28. The van der Waals surface area contributed by atoms with E-state index in [0.717, 1.165) is 5.56 Å². The van der Waals surface area contributed by atoms with Gasteiger partial charge in [-0.1, -0.05) is 32.1 Å². The lowest BCUT2D eigenvalue weighted by molar-refractivity contribution is -0.125. The van der Waals surface area contributed by atoms with Crippen LogP contribution in [-0.4, -0.2) is 25.0 Å². The lowest BCUT2D eigenvalue weighted by atomic mass is 9.92. The zero-order valence-corrected chi connectivity index (χ0v) is 12.9. The van der Waals surface area contributed by atoms with Crippen molar-refractivity contribution in [3.8, 4) is 11.5 Å². The van der Waals surface area contributed by atoms with E-state index in [4.69, 9.17) is 9.47 Å². The third kappa shape index (κ3) is 3.66. The molecule has 1 amide bonds. The summed E-state index contributed by atoms with van der Waals surface area (Å²) in [4.78, 5) is 13.9. The van der Waals surface area contributed by atoms with Gasteiger partial charge in [0.15, 0.2) is 11.5 Å². The molecule has 0 atom stereocenters. The molecule has 0 aliphatic carbocycles. The molecule has 112 valence electrons. The quantitative estimate of drug-likeness (QED) is 0.854. The summed E-state index contributed by atoms with van der Waals surface area (Å²) in [6.45, 7) is 4.19. The molecule has 0 saturated heterocycles. The van der Waals surface area contributed by atoms with Crippen LogP contribution < -0.4 is 9.47 Å². The highest BCUT2D eigenvalue weighted by Gasteiger charge is 2.18. The summed E-state index contributed by atoms with van der Waals surface area (Å²) < 4.78 is 10.4. The van der Waals surface area contributed by atoms with Crippen molar-refractivity contribution in [2.75, 3.05) is 14.2 Å². The van der Waals surface area contributed by atoms with Crippen LogP contribution in [0.5, 0.6) is 11.5 Å². The van der Waals surface area contributed by atoms with Crippen LogP contribution in [0, 0.1) is 5.41 Å². The Hall–Kier alpha value is -2.23. The van der Waals surface area contributed by atoms with Crippen molar-refractivity contribution in [2.45, 2.75) is 20.3 Å². The molecule has 4 nitrogen and oxygen atoms in total. The first-order chi connectivity index (χ1) is 9.95. The normalized spacial score (nSPS) is 15.9. The molecule has 1 aliphatic rings. The minimum atomic E-state index is 0.000112. The molecule has 0 fully saturated rings. The maximum atomic E-state index is 12.3. The van der Waals surface area contributed by atoms with Gasteiger partial charge >= 0.3 is 0 Å². The third-order valence-corrected chi connectivity index (χ3v) is 3.42. The number of ether oxygens (including phenoxy) is 2. The highest BCUT2D eigenvalue weighted by atomic mass is 16.5. The van der Waals surface area contributed by atoms with Crippen molar-refractivity contribution in [1.82, 2.24) is 4.90 Å². The Morgan fingerprint density at radius 2 is 1.71 bits per heavy atom. The number of amides is 1. The molecule has 0 radical (unpaired) electrons. The smallest absolute Gasteiger partial charge is 0.234 e. The molecule has 0 bridgehead atoms. The van der Waals surface area contributed by atoms with Crippen LogP contribution in [0.25, 0.3) is 0 Å². The van der Waals surface area contributed by atoms with Gasteiger partial charge in [-0.2, -0.15) is 0 Å². The number of hydrogen-bond donors (Lipinski definition) is 0. The number of allylic oxidation sites excluding steroid dienone is 2. The molecule has 1 aromatic carbocycles. The summed E-state index contributed by atoms with van der Waals surface area (Å²) in [5, 5.41) is 0. The number of rotatable bonds is 4. The van der Waals surface area contributed by atoms with Crippen LogP contribution >= 0.6 is 0 Å². The van der Waals surface area contributed by atoms with E-state index in [1.54, 1.807) is 19.1 Å². The molecule has 0 unspecified atom stereocenters. The van der Waals surface area contributed by atoms with Crippen molar-refractivity contribution in [1.29, 1.82) is 0 Å². The lowest BCUT2D eigenvalue weighted by Crippen LogP contribution is -2.25. The van der Waals surface area contributed by atoms with Gasteiger partial charge in [0.05, 0.1) is 20.6 Å². The van der Waals surface area contributed by atoms with E-state index in [2.05, 4.69) is 13.8 Å². The monoisotopic (exact) mass is 287 g/mol. The summed E-state index contributed by atoms with van der Waals surface area (Å²) >= 11 is 0. The van der Waals surface area contributed by atoms with Gasteiger partial charge in [-0.15, -0.1) is 0 Å². The Labute approximate surface area is 125 Å². The number of nitrogens with zero attached hydrogens (tertiary/aromatic N) is 1. The fourth-order valence-electron chi connectivity index (χ4n) is 2.07. The third-order valence-electron chi connectivity index (χ3n) is 3.42. The first kappa shape index (κ1) is 15.2. The van der Waals surface area contributed by atoms with Gasteiger partial charge < -0.3 is 9.47 Å². The SMILES string of the molecule is COc1ccc(CC(=O)N2C=CC(C)(C)C=C2)cc1OC. The Bertz CT molecular complexity index is 572. The van der Waals surface area contributed by atoms with Gasteiger partial charge in [0.25, 0.3) is 0 Å². The Balaban J connectivity index is 2.09. The fourth-order valence-corrected chi connectivity index (χ4v) is 2.07. The summed E-state index contributed by atoms with van der Waals surface area (Å²) in [6.07, 6.45) is 7.99. The van der Waals surface area contributed by atoms with Crippen LogP contribution in [0.15, 0.2) is 42.8 Å². The molecule has 21 heavy (non-hydrogen) atoms. The predicted molar refractivity (Wildman–Crippen MR) is 82.2 cm³/mol. The second-order valence-corrected chi connectivity index (χ2v) is 5.62. The zero-order chi connectivity index (χ0) is 15.5. The van der Waals surface area contributed by atoms with E-state index in [0.29, 0.717) is 17.9 Å². The van der Waals surface area contributed by atoms with Gasteiger partial charge in [0, 0.05) is 17.8 Å². The first-order valence-corrected chi connectivity index (χ1v) is 6.86. The average Bonchev–Trinajstić information content (AvgIpc) is 2.46. The fraction of sp³-hybridized carbons (Fsp3) is 0.353. The van der Waals surface area contributed by atoms with Crippen LogP contribution in [-0.2, 0) is 11.2 Å². The van der Waals surface area contributed by atoms with E-state index in [1.807, 2.05) is 42.8 Å². The Kier molecular flexibility index (Phi) is 4.36. The van der Waals surface area contributed by atoms with Crippen molar-refractivity contribution in [2.24, 2.45) is 5.41 Å². The number of hydrogen-bond acceptors (Lipinski definition) is 3. The minimum Gasteiger partial charge on any atom is -0.493 e. The standard InChI is InChI=1S/C17H21NO3/c1-17(2)7-9-18(10-8-17)16(19)12-13-5-6-14(20-3)15(11-13)21-4/h5-11H,12H2,1-4H3. The van der Waals surface area contributed by atoms with E-state index in [-0.39, 0.29) is 11.3 Å². The van der Waals surface area contributed by atoms with Gasteiger partial charge in [0.2, 0.25) is 5.91 Å². The van der Waals surface area contributed by atoms with Gasteiger partial charge in [0.1, 0.15) is 0 Å². The second-order valence-electron chi connectivity index (χ2n) is 5.62. The molecular formula is C17H21NO3. The number of benzene rings is 1. The van der Waals surface area contributed by atoms with Gasteiger partial charge in [-0.3, -0.25) is 9.69 Å². The molecule has 1 aromatic rings. The average molecular weight is 287 g/mol. The van der Waals surface area contributed by atoms with E-state index >= 15 is 0 Å². The number of carbonyl (C=O) groups is 1. The summed E-state index contributed by atoms with van der Waals surface area (Å²) in [6, 6.07) is 5.52. The van der Waals surface area contributed by atoms with Gasteiger partial charge in [-0.05, 0) is 17.7 Å².